The zero-order chi connectivity index (χ0) is 16.1. The molecule has 0 amide bonds. The molecule has 2 aliphatic rings. The summed E-state index contributed by atoms with van der Waals surface area (Å²) in [4.78, 5) is 2.02. The third-order valence-corrected chi connectivity index (χ3v) is 5.43. The van der Waals surface area contributed by atoms with Gasteiger partial charge in [0.1, 0.15) is 0 Å². The Morgan fingerprint density at radius 1 is 1.26 bits per heavy atom. The summed E-state index contributed by atoms with van der Waals surface area (Å²) in [6.45, 7) is 0.688. The number of fused-ring (bicyclic) bond motifs is 2. The molecule has 1 aromatic carbocycles. The van der Waals surface area contributed by atoms with Crippen LogP contribution in [0.2, 0.25) is 0 Å². The highest BCUT2D eigenvalue weighted by atomic mass is 35.5. The van der Waals surface area contributed by atoms with Crippen LogP contribution in [0.3, 0.4) is 0 Å². The molecule has 23 heavy (non-hydrogen) atoms. The van der Waals surface area contributed by atoms with Crippen molar-refractivity contribution in [2.45, 2.75) is 31.3 Å². The number of phenols is 1. The lowest BCUT2D eigenvalue weighted by Crippen LogP contribution is -2.47. The minimum absolute atomic E-state index is 0. The number of nitrogens with zero attached hydrogens (tertiary/aromatic N) is 1. The summed E-state index contributed by atoms with van der Waals surface area (Å²) in [5.74, 6) is -2.32. The maximum Gasteiger partial charge on any atom is 0.200 e. The van der Waals surface area contributed by atoms with Crippen molar-refractivity contribution in [1.29, 1.82) is 0 Å². The van der Waals surface area contributed by atoms with E-state index in [2.05, 4.69) is 0 Å². The summed E-state index contributed by atoms with van der Waals surface area (Å²) < 4.78 is 27.1. The number of aromatic hydroxyl groups is 1. The van der Waals surface area contributed by atoms with E-state index in [9.17, 15) is 19.0 Å². The van der Waals surface area contributed by atoms with Crippen LogP contribution in [0.25, 0.3) is 0 Å². The molecule has 130 valence electrons. The smallest absolute Gasteiger partial charge is 0.200 e. The average molecular weight is 348 g/mol. The number of benzene rings is 1. The second-order valence-corrected chi connectivity index (χ2v) is 7.23. The lowest BCUT2D eigenvalue weighted by molar-refractivity contribution is -0.0894. The summed E-state index contributed by atoms with van der Waals surface area (Å²) in [5.41, 5.74) is -0.909. The monoisotopic (exact) mass is 347 g/mol. The Hall–Kier alpha value is -0.910. The first-order valence-electron chi connectivity index (χ1n) is 7.87. The highest BCUT2D eigenvalue weighted by molar-refractivity contribution is 5.85. The van der Waals surface area contributed by atoms with Crippen LogP contribution in [-0.4, -0.2) is 35.8 Å². The number of rotatable bonds is 3. The van der Waals surface area contributed by atoms with Gasteiger partial charge in [-0.3, -0.25) is 0 Å². The van der Waals surface area contributed by atoms with Gasteiger partial charge < -0.3 is 15.1 Å². The quantitative estimate of drug-likeness (QED) is 0.882. The molecular weight excluding hydrogens is 324 g/mol. The van der Waals surface area contributed by atoms with Gasteiger partial charge in [-0.2, -0.15) is 4.39 Å². The Balaban J connectivity index is 0.00000192. The molecule has 0 radical (unpaired) electrons. The number of hydrogen-bond acceptors (Lipinski definition) is 3. The molecule has 2 fully saturated rings. The first-order chi connectivity index (χ1) is 10.3. The molecule has 2 saturated carbocycles. The van der Waals surface area contributed by atoms with Crippen molar-refractivity contribution >= 4 is 12.4 Å². The zero-order valence-electron chi connectivity index (χ0n) is 13.4. The fourth-order valence-electron chi connectivity index (χ4n) is 4.50. The molecule has 0 saturated heterocycles. The van der Waals surface area contributed by atoms with Crippen LogP contribution < -0.4 is 0 Å². The Bertz CT molecular complexity index is 561. The highest BCUT2D eigenvalue weighted by Crippen LogP contribution is 2.54. The maximum absolute atomic E-state index is 13.7. The van der Waals surface area contributed by atoms with Gasteiger partial charge in [-0.1, -0.05) is 6.42 Å². The van der Waals surface area contributed by atoms with Crippen molar-refractivity contribution in [2.75, 3.05) is 20.6 Å². The van der Waals surface area contributed by atoms with E-state index in [-0.39, 0.29) is 18.3 Å². The number of hydrogen-bond donors (Lipinski definition) is 2. The van der Waals surface area contributed by atoms with Crippen molar-refractivity contribution in [3.05, 3.63) is 29.3 Å². The molecule has 0 heterocycles. The zero-order valence-corrected chi connectivity index (χ0v) is 14.2. The topological polar surface area (TPSA) is 43.7 Å². The van der Waals surface area contributed by atoms with Gasteiger partial charge >= 0.3 is 0 Å². The molecule has 0 spiro atoms. The molecule has 2 aliphatic carbocycles. The lowest BCUT2D eigenvalue weighted by Gasteiger charge is -2.45. The van der Waals surface area contributed by atoms with Crippen LogP contribution in [0.1, 0.15) is 31.2 Å². The van der Waals surface area contributed by atoms with Gasteiger partial charge in [0.25, 0.3) is 0 Å². The Morgan fingerprint density at radius 2 is 1.96 bits per heavy atom. The Labute approximate surface area is 141 Å². The summed E-state index contributed by atoms with van der Waals surface area (Å²) in [5, 5.41) is 21.0. The Morgan fingerprint density at radius 3 is 2.57 bits per heavy atom. The van der Waals surface area contributed by atoms with Gasteiger partial charge in [0.05, 0.1) is 5.60 Å². The van der Waals surface area contributed by atoms with Gasteiger partial charge in [0.2, 0.25) is 0 Å². The SMILES string of the molecule is CN(C)CC1C2CCC(C2)CC1(O)c1cc(O)c(F)c(F)c1.Cl. The third kappa shape index (κ3) is 3.19. The first kappa shape index (κ1) is 18.4. The molecule has 0 aliphatic heterocycles. The molecule has 2 bridgehead atoms. The van der Waals surface area contributed by atoms with Crippen molar-refractivity contribution < 1.29 is 19.0 Å². The van der Waals surface area contributed by atoms with E-state index >= 15 is 0 Å². The van der Waals surface area contributed by atoms with Gasteiger partial charge in [-0.15, -0.1) is 12.4 Å². The van der Waals surface area contributed by atoms with Crippen LogP contribution in [0.4, 0.5) is 8.78 Å². The highest BCUT2D eigenvalue weighted by Gasteiger charge is 2.51. The van der Waals surface area contributed by atoms with Gasteiger partial charge in [0.15, 0.2) is 17.4 Å². The molecule has 6 heteroatoms. The summed E-state index contributed by atoms with van der Waals surface area (Å²) >= 11 is 0. The molecule has 3 rings (SSSR count). The second-order valence-electron chi connectivity index (χ2n) is 7.23. The van der Waals surface area contributed by atoms with E-state index in [1.165, 1.54) is 6.07 Å². The number of halogens is 3. The van der Waals surface area contributed by atoms with Crippen molar-refractivity contribution in [3.63, 3.8) is 0 Å². The fraction of sp³-hybridized carbons (Fsp3) is 0.647. The van der Waals surface area contributed by atoms with Crippen molar-refractivity contribution in [1.82, 2.24) is 4.90 Å². The van der Waals surface area contributed by atoms with Crippen LogP contribution in [0.5, 0.6) is 5.75 Å². The van der Waals surface area contributed by atoms with Crippen LogP contribution in [-0.2, 0) is 5.60 Å². The second kappa shape index (κ2) is 6.54. The fourth-order valence-corrected chi connectivity index (χ4v) is 4.50. The number of aliphatic hydroxyl groups is 1. The predicted octanol–water partition coefficient (Wildman–Crippen LogP) is 3.28. The van der Waals surface area contributed by atoms with E-state index in [1.54, 1.807) is 0 Å². The summed E-state index contributed by atoms with van der Waals surface area (Å²) in [6, 6.07) is 2.23. The lowest BCUT2D eigenvalue weighted by atomic mass is 9.66. The molecular formula is C17H24ClF2NO2. The van der Waals surface area contributed by atoms with E-state index in [4.69, 9.17) is 0 Å². The molecule has 4 atom stereocenters. The normalized spacial score (nSPS) is 32.9. The van der Waals surface area contributed by atoms with Gasteiger partial charge in [-0.25, -0.2) is 4.39 Å². The van der Waals surface area contributed by atoms with Crippen LogP contribution in [0, 0.1) is 29.4 Å². The van der Waals surface area contributed by atoms with Gasteiger partial charge in [-0.05, 0) is 62.9 Å². The van der Waals surface area contributed by atoms with E-state index in [0.717, 1.165) is 25.3 Å². The summed E-state index contributed by atoms with van der Waals surface area (Å²) in [7, 11) is 3.90. The minimum atomic E-state index is -1.25. The van der Waals surface area contributed by atoms with Crippen molar-refractivity contribution in [2.24, 2.45) is 17.8 Å². The van der Waals surface area contributed by atoms with E-state index in [1.807, 2.05) is 19.0 Å². The first-order valence-corrected chi connectivity index (χ1v) is 7.87. The molecule has 2 N–H and O–H groups in total. The van der Waals surface area contributed by atoms with Gasteiger partial charge in [0, 0.05) is 12.5 Å². The minimum Gasteiger partial charge on any atom is -0.505 e. The maximum atomic E-state index is 13.7. The molecule has 1 aromatic rings. The standard InChI is InChI=1S/C17H23F2NO2.ClH/c1-20(2)9-13-11-4-3-10(5-11)8-17(13,22)12-6-14(18)16(19)15(21)7-12;/h6-7,10-11,13,21-22H,3-5,8-9H2,1-2H3;1H. The third-order valence-electron chi connectivity index (χ3n) is 5.43. The summed E-state index contributed by atoms with van der Waals surface area (Å²) in [6.07, 6.45) is 3.79. The molecule has 0 aromatic heterocycles. The van der Waals surface area contributed by atoms with E-state index in [0.29, 0.717) is 30.4 Å². The Kier molecular flexibility index (Phi) is 5.24. The van der Waals surface area contributed by atoms with Crippen LogP contribution in [0.15, 0.2) is 12.1 Å². The molecule has 3 nitrogen and oxygen atoms in total. The van der Waals surface area contributed by atoms with E-state index < -0.39 is 23.0 Å². The predicted molar refractivity (Wildman–Crippen MR) is 86.7 cm³/mol. The largest absolute Gasteiger partial charge is 0.505 e. The average Bonchev–Trinajstić information content (AvgIpc) is 2.84. The van der Waals surface area contributed by atoms with Crippen molar-refractivity contribution in [3.8, 4) is 5.75 Å². The van der Waals surface area contributed by atoms with Crippen LogP contribution >= 0.6 is 12.4 Å². The number of phenolic OH excluding ortho intramolecular Hbond substituents is 1. The molecule has 4 unspecified atom stereocenters.